The molecular formula is C15H16ClNOS. The first-order chi connectivity index (χ1) is 9.24. The van der Waals surface area contributed by atoms with E-state index in [0.717, 1.165) is 27.0 Å². The molecule has 0 radical (unpaired) electrons. The molecule has 2 aromatic rings. The molecule has 0 spiro atoms. The average molecular weight is 294 g/mol. The van der Waals surface area contributed by atoms with Gasteiger partial charge in [-0.1, -0.05) is 41.6 Å². The number of halogens is 1. The second-order valence-corrected chi connectivity index (χ2v) is 5.56. The van der Waals surface area contributed by atoms with Gasteiger partial charge in [0.25, 0.3) is 0 Å². The van der Waals surface area contributed by atoms with Gasteiger partial charge in [0.15, 0.2) is 0 Å². The van der Waals surface area contributed by atoms with E-state index >= 15 is 0 Å². The molecule has 0 aliphatic rings. The number of rotatable bonds is 5. The van der Waals surface area contributed by atoms with Gasteiger partial charge in [0.05, 0.1) is 12.0 Å². The summed E-state index contributed by atoms with van der Waals surface area (Å²) in [5.41, 5.74) is 6.86. The van der Waals surface area contributed by atoms with E-state index in [4.69, 9.17) is 22.1 Å². The number of ether oxygens (including phenoxy) is 1. The molecule has 2 N–H and O–H groups in total. The molecule has 0 saturated carbocycles. The number of para-hydroxylation sites is 1. The van der Waals surface area contributed by atoms with Crippen LogP contribution in [0, 0.1) is 0 Å². The van der Waals surface area contributed by atoms with Crippen LogP contribution in [0.5, 0.6) is 5.75 Å². The summed E-state index contributed by atoms with van der Waals surface area (Å²) < 4.78 is 5.37. The Balaban J connectivity index is 2.34. The van der Waals surface area contributed by atoms with Crippen LogP contribution < -0.4 is 10.5 Å². The van der Waals surface area contributed by atoms with Gasteiger partial charge < -0.3 is 10.5 Å². The van der Waals surface area contributed by atoms with Crippen LogP contribution in [0.25, 0.3) is 0 Å². The lowest BCUT2D eigenvalue weighted by Crippen LogP contribution is -2.03. The van der Waals surface area contributed by atoms with E-state index in [2.05, 4.69) is 0 Å². The zero-order valence-corrected chi connectivity index (χ0v) is 12.3. The Morgan fingerprint density at radius 2 is 1.95 bits per heavy atom. The lowest BCUT2D eigenvalue weighted by molar-refractivity contribution is 0.405. The summed E-state index contributed by atoms with van der Waals surface area (Å²) in [6.07, 6.45) is 0.842. The molecule has 100 valence electrons. The largest absolute Gasteiger partial charge is 0.496 e. The molecule has 19 heavy (non-hydrogen) atoms. The second-order valence-electron chi connectivity index (χ2n) is 4.04. The van der Waals surface area contributed by atoms with Gasteiger partial charge in [-0.3, -0.25) is 0 Å². The molecule has 0 bridgehead atoms. The highest BCUT2D eigenvalue weighted by atomic mass is 35.5. The van der Waals surface area contributed by atoms with Crippen molar-refractivity contribution < 1.29 is 4.74 Å². The summed E-state index contributed by atoms with van der Waals surface area (Å²) in [4.78, 5) is 2.20. The number of hydrogen-bond donors (Lipinski definition) is 1. The number of hydrogen-bond acceptors (Lipinski definition) is 3. The second kappa shape index (κ2) is 6.85. The van der Waals surface area contributed by atoms with E-state index in [-0.39, 0.29) is 0 Å². The fraction of sp³-hybridized carbons (Fsp3) is 0.200. The summed E-state index contributed by atoms with van der Waals surface area (Å²) in [7, 11) is 1.68. The fourth-order valence-electron chi connectivity index (χ4n) is 1.81. The van der Waals surface area contributed by atoms with E-state index in [1.807, 2.05) is 42.5 Å². The lowest BCUT2D eigenvalue weighted by Gasteiger charge is -2.11. The zero-order chi connectivity index (χ0) is 13.7. The minimum absolute atomic E-state index is 0.626. The molecule has 0 unspecified atom stereocenters. The normalized spacial score (nSPS) is 10.5. The van der Waals surface area contributed by atoms with Crippen molar-refractivity contribution in [1.29, 1.82) is 0 Å². The van der Waals surface area contributed by atoms with Crippen LogP contribution in [0.2, 0.25) is 5.02 Å². The van der Waals surface area contributed by atoms with Crippen molar-refractivity contribution in [3.63, 3.8) is 0 Å². The Kier molecular flexibility index (Phi) is 5.14. The first-order valence-corrected chi connectivity index (χ1v) is 7.23. The van der Waals surface area contributed by atoms with Crippen molar-refractivity contribution in [3.8, 4) is 5.75 Å². The molecule has 0 aliphatic heterocycles. The molecule has 4 heteroatoms. The Bertz CT molecular complexity index is 560. The van der Waals surface area contributed by atoms with Crippen molar-refractivity contribution in [3.05, 3.63) is 53.1 Å². The molecule has 0 aromatic heterocycles. The van der Waals surface area contributed by atoms with Crippen LogP contribution in [0.4, 0.5) is 0 Å². The molecule has 0 fully saturated rings. The quantitative estimate of drug-likeness (QED) is 0.905. The predicted molar refractivity (Wildman–Crippen MR) is 81.3 cm³/mol. The minimum atomic E-state index is 0.626. The van der Waals surface area contributed by atoms with Gasteiger partial charge in [-0.15, -0.1) is 0 Å². The standard InChI is InChI=1S/C15H16ClNOS/c1-18-13-4-2-3-5-14(13)19-15-10-12(16)7-6-11(15)8-9-17/h2-7,10H,8-9,17H2,1H3. The van der Waals surface area contributed by atoms with E-state index in [1.54, 1.807) is 18.9 Å². The van der Waals surface area contributed by atoms with Gasteiger partial charge in [-0.25, -0.2) is 0 Å². The summed E-state index contributed by atoms with van der Waals surface area (Å²) in [5, 5.41) is 0.734. The predicted octanol–water partition coefficient (Wildman–Crippen LogP) is 4.00. The molecule has 0 amide bonds. The van der Waals surface area contributed by atoms with Gasteiger partial charge in [-0.2, -0.15) is 0 Å². The highest BCUT2D eigenvalue weighted by Gasteiger charge is 2.08. The average Bonchev–Trinajstić information content (AvgIpc) is 2.42. The lowest BCUT2D eigenvalue weighted by atomic mass is 10.1. The molecule has 2 aromatic carbocycles. The Morgan fingerprint density at radius 3 is 2.68 bits per heavy atom. The highest BCUT2D eigenvalue weighted by Crippen LogP contribution is 2.37. The molecule has 0 heterocycles. The minimum Gasteiger partial charge on any atom is -0.496 e. The smallest absolute Gasteiger partial charge is 0.132 e. The van der Waals surface area contributed by atoms with Crippen molar-refractivity contribution >= 4 is 23.4 Å². The maximum Gasteiger partial charge on any atom is 0.132 e. The maximum absolute atomic E-state index is 6.08. The first-order valence-electron chi connectivity index (χ1n) is 6.04. The van der Waals surface area contributed by atoms with Crippen LogP contribution >= 0.6 is 23.4 Å². The third-order valence-corrected chi connectivity index (χ3v) is 4.12. The van der Waals surface area contributed by atoms with Crippen molar-refractivity contribution in [2.45, 2.75) is 16.2 Å². The molecule has 2 rings (SSSR count). The van der Waals surface area contributed by atoms with Gasteiger partial charge in [0, 0.05) is 9.92 Å². The third kappa shape index (κ3) is 3.66. The molecule has 2 nitrogen and oxygen atoms in total. The van der Waals surface area contributed by atoms with Gasteiger partial charge >= 0.3 is 0 Å². The molecule has 0 atom stereocenters. The summed E-state index contributed by atoms with van der Waals surface area (Å²) in [5.74, 6) is 0.867. The number of nitrogens with two attached hydrogens (primary N) is 1. The van der Waals surface area contributed by atoms with E-state index in [0.29, 0.717) is 6.54 Å². The van der Waals surface area contributed by atoms with Gasteiger partial charge in [0.1, 0.15) is 5.75 Å². The monoisotopic (exact) mass is 293 g/mol. The Labute approximate surface area is 122 Å². The van der Waals surface area contributed by atoms with Crippen LogP contribution in [0.15, 0.2) is 52.3 Å². The fourth-order valence-corrected chi connectivity index (χ4v) is 3.17. The van der Waals surface area contributed by atoms with Gasteiger partial charge in [0.2, 0.25) is 0 Å². The molecular weight excluding hydrogens is 278 g/mol. The van der Waals surface area contributed by atoms with Crippen LogP contribution in [0.3, 0.4) is 0 Å². The topological polar surface area (TPSA) is 35.2 Å². The third-order valence-electron chi connectivity index (χ3n) is 2.73. The van der Waals surface area contributed by atoms with Gasteiger partial charge in [-0.05, 0) is 42.8 Å². The summed E-state index contributed by atoms with van der Waals surface area (Å²) in [6.45, 7) is 0.626. The molecule has 0 aliphatic carbocycles. The van der Waals surface area contributed by atoms with Crippen LogP contribution in [-0.4, -0.2) is 13.7 Å². The molecule has 0 saturated heterocycles. The SMILES string of the molecule is COc1ccccc1Sc1cc(Cl)ccc1CCN. The van der Waals surface area contributed by atoms with E-state index < -0.39 is 0 Å². The number of benzene rings is 2. The summed E-state index contributed by atoms with van der Waals surface area (Å²) >= 11 is 7.74. The van der Waals surface area contributed by atoms with Crippen LogP contribution in [0.1, 0.15) is 5.56 Å². The van der Waals surface area contributed by atoms with Crippen molar-refractivity contribution in [2.75, 3.05) is 13.7 Å². The summed E-state index contributed by atoms with van der Waals surface area (Å²) in [6, 6.07) is 13.9. The van der Waals surface area contributed by atoms with Crippen LogP contribution in [-0.2, 0) is 6.42 Å². The number of methoxy groups -OCH3 is 1. The highest BCUT2D eigenvalue weighted by molar-refractivity contribution is 7.99. The van der Waals surface area contributed by atoms with Crippen molar-refractivity contribution in [1.82, 2.24) is 0 Å². The van der Waals surface area contributed by atoms with E-state index in [1.165, 1.54) is 5.56 Å². The van der Waals surface area contributed by atoms with Crippen molar-refractivity contribution in [2.24, 2.45) is 5.73 Å². The maximum atomic E-state index is 6.08. The zero-order valence-electron chi connectivity index (χ0n) is 10.7. The first kappa shape index (κ1) is 14.3. The Morgan fingerprint density at radius 1 is 1.16 bits per heavy atom. The van der Waals surface area contributed by atoms with E-state index in [9.17, 15) is 0 Å². The Hall–Kier alpha value is -1.16.